The van der Waals surface area contributed by atoms with Gasteiger partial charge in [0.25, 0.3) is 0 Å². The highest BCUT2D eigenvalue weighted by Crippen LogP contribution is 2.33. The molecule has 166 valence electrons. The lowest BCUT2D eigenvalue weighted by Crippen LogP contribution is -2.66. The first-order chi connectivity index (χ1) is 12.2. The van der Waals surface area contributed by atoms with E-state index >= 15 is 0 Å². The van der Waals surface area contributed by atoms with E-state index in [1.165, 1.54) is 6.08 Å². The lowest BCUT2D eigenvalue weighted by molar-refractivity contribution is -0.124. The number of hydrogen-bond donors (Lipinski definition) is 0. The fourth-order valence-corrected chi connectivity index (χ4v) is 21.9. The molecule has 0 radical (unpaired) electrons. The van der Waals surface area contributed by atoms with Crippen molar-refractivity contribution < 1.29 is 17.1 Å². The first kappa shape index (κ1) is 28.2. The normalized spacial score (nSPS) is 14.1. The van der Waals surface area contributed by atoms with Crippen LogP contribution in [0.4, 0.5) is 0 Å². The maximum absolute atomic E-state index is 11.8. The van der Waals surface area contributed by atoms with Gasteiger partial charge in [-0.25, -0.2) is 0 Å². The van der Waals surface area contributed by atoms with E-state index in [1.54, 1.807) is 4.90 Å². The summed E-state index contributed by atoms with van der Waals surface area (Å²) in [5.74, 6) is -0.0535. The number of amides is 1. The summed E-state index contributed by atoms with van der Waals surface area (Å²) >= 11 is 0. The maximum Gasteiger partial charge on any atom is 0.469 e. The fraction of sp³-hybridized carbons (Fsp3) is 0.833. The van der Waals surface area contributed by atoms with E-state index in [1.807, 2.05) is 7.05 Å². The Kier molecular flexibility index (Phi) is 10.0. The molecule has 0 aromatic heterocycles. The van der Waals surface area contributed by atoms with Crippen molar-refractivity contribution in [3.05, 3.63) is 12.7 Å². The van der Waals surface area contributed by atoms with Crippen LogP contribution in [0.3, 0.4) is 0 Å². The molecule has 0 aliphatic rings. The molecular weight excluding hydrogens is 435 g/mol. The van der Waals surface area contributed by atoms with Gasteiger partial charge in [-0.2, -0.15) is 0 Å². The zero-order valence-corrected chi connectivity index (χ0v) is 25.5. The number of likely N-dealkylation sites (N-methyl/N-ethyl adjacent to an activating group) is 1. The number of nitrogens with zero attached hydrogens (tertiary/aromatic N) is 1. The van der Waals surface area contributed by atoms with Gasteiger partial charge in [-0.1, -0.05) is 26.2 Å². The van der Waals surface area contributed by atoms with Crippen molar-refractivity contribution in [2.45, 2.75) is 84.5 Å². The molecule has 0 spiro atoms. The van der Waals surface area contributed by atoms with Crippen molar-refractivity contribution in [1.82, 2.24) is 4.90 Å². The van der Waals surface area contributed by atoms with Crippen LogP contribution in [0.1, 0.15) is 6.42 Å². The number of carbonyl (C=O) groups is 1. The zero-order valence-electron chi connectivity index (χ0n) is 20.5. The predicted octanol–water partition coefficient (Wildman–Crippen LogP) is 5.30. The van der Waals surface area contributed by atoms with Gasteiger partial charge in [0.2, 0.25) is 5.91 Å². The van der Waals surface area contributed by atoms with Gasteiger partial charge in [-0.05, 0) is 64.9 Å². The van der Waals surface area contributed by atoms with Crippen LogP contribution >= 0.6 is 0 Å². The van der Waals surface area contributed by atoms with Crippen LogP contribution in [-0.2, 0) is 17.1 Å². The van der Waals surface area contributed by atoms with E-state index < -0.39 is 40.9 Å². The first-order valence-corrected chi connectivity index (χ1v) is 26.4. The zero-order chi connectivity index (χ0) is 22.6. The molecule has 0 unspecified atom stereocenters. The highest BCUT2D eigenvalue weighted by Gasteiger charge is 2.53. The summed E-state index contributed by atoms with van der Waals surface area (Å²) in [4.78, 5) is 13.5. The molecule has 5 nitrogen and oxygen atoms in total. The molecule has 0 aliphatic carbocycles. The third-order valence-corrected chi connectivity index (χ3v) is 31.7. The third kappa shape index (κ3) is 10.3. The topological polar surface area (TPSA) is 48.0 Å². The van der Waals surface area contributed by atoms with Crippen molar-refractivity contribution in [3.63, 3.8) is 0 Å². The second-order valence-corrected chi connectivity index (χ2v) is 39.4. The molecule has 0 aliphatic heterocycles. The van der Waals surface area contributed by atoms with Crippen LogP contribution < -0.4 is 0 Å². The molecule has 0 heterocycles. The Morgan fingerprint density at radius 2 is 1.29 bits per heavy atom. The van der Waals surface area contributed by atoms with Gasteiger partial charge in [0, 0.05) is 19.6 Å². The Hall–Kier alpha value is 0.174. The van der Waals surface area contributed by atoms with Crippen LogP contribution in [0, 0.1) is 0 Å². The van der Waals surface area contributed by atoms with Gasteiger partial charge < -0.3 is 17.2 Å². The second kappa shape index (κ2) is 9.99. The molecule has 28 heavy (non-hydrogen) atoms. The average molecular weight is 480 g/mol. The largest absolute Gasteiger partial charge is 0.469 e. The SMILES string of the molecule is C=CC(=O)N(C)CCC[Si](O[Si](C)(C)C)(O[Si](C)(C)C)O[Si](C)(C)[Si](C)(C)C. The Bertz CT molecular complexity index is 520. The quantitative estimate of drug-likeness (QED) is 0.281. The lowest BCUT2D eigenvalue weighted by atomic mass is 10.4. The number of carbonyl (C=O) groups excluding carboxylic acids is 1. The standard InChI is InChI=1S/C18H45NO4Si5/c1-14-18(20)19(2)16-15-17-28(21-24(3,4)5,22-25(6,7)8)23-27(12,13)26(9,10)11/h14H,1,15-17H2,2-13H3. The Morgan fingerprint density at radius 1 is 0.857 bits per heavy atom. The van der Waals surface area contributed by atoms with Crippen molar-refractivity contribution in [2.24, 2.45) is 0 Å². The summed E-state index contributed by atoms with van der Waals surface area (Å²) in [6.45, 7) is 29.3. The van der Waals surface area contributed by atoms with Gasteiger partial charge in [0.1, 0.15) is 0 Å². The molecule has 0 saturated heterocycles. The van der Waals surface area contributed by atoms with Crippen molar-refractivity contribution in [2.75, 3.05) is 13.6 Å². The van der Waals surface area contributed by atoms with Gasteiger partial charge in [0.15, 0.2) is 24.5 Å². The van der Waals surface area contributed by atoms with E-state index in [0.29, 0.717) is 6.54 Å². The number of rotatable bonds is 12. The smallest absolute Gasteiger partial charge is 0.419 e. The van der Waals surface area contributed by atoms with Crippen LogP contribution in [0.5, 0.6) is 0 Å². The first-order valence-electron chi connectivity index (χ1n) is 10.2. The van der Waals surface area contributed by atoms with E-state index in [9.17, 15) is 4.79 Å². The third-order valence-electron chi connectivity index (χ3n) is 4.67. The minimum absolute atomic E-state index is 0.0535. The predicted molar refractivity (Wildman–Crippen MR) is 134 cm³/mol. The molecule has 0 saturated carbocycles. The minimum Gasteiger partial charge on any atom is -0.419 e. The van der Waals surface area contributed by atoms with Crippen LogP contribution in [0.2, 0.25) is 78.1 Å². The van der Waals surface area contributed by atoms with Crippen molar-refractivity contribution in [3.8, 4) is 0 Å². The summed E-state index contributed by atoms with van der Waals surface area (Å²) in [7, 11) is -8.25. The lowest BCUT2D eigenvalue weighted by Gasteiger charge is -2.47. The highest BCUT2D eigenvalue weighted by atomic mass is 29.3. The van der Waals surface area contributed by atoms with E-state index in [0.717, 1.165) is 12.5 Å². The Morgan fingerprint density at radius 3 is 1.61 bits per heavy atom. The van der Waals surface area contributed by atoms with E-state index in [2.05, 4.69) is 78.6 Å². The monoisotopic (exact) mass is 479 g/mol. The number of hydrogen-bond acceptors (Lipinski definition) is 4. The molecule has 0 rings (SSSR count). The van der Waals surface area contributed by atoms with Crippen molar-refractivity contribution in [1.29, 1.82) is 0 Å². The fourth-order valence-electron chi connectivity index (χ4n) is 2.49. The molecule has 10 heteroatoms. The Balaban J connectivity index is 5.84. The minimum atomic E-state index is -2.87. The average Bonchev–Trinajstić information content (AvgIpc) is 2.40. The van der Waals surface area contributed by atoms with Gasteiger partial charge >= 0.3 is 8.80 Å². The molecule has 0 atom stereocenters. The van der Waals surface area contributed by atoms with Crippen LogP contribution in [0.25, 0.3) is 0 Å². The van der Waals surface area contributed by atoms with Gasteiger partial charge in [-0.3, -0.25) is 4.79 Å². The Labute approximate surface area is 179 Å². The molecule has 0 aromatic rings. The summed E-state index contributed by atoms with van der Waals surface area (Å²) in [6.07, 6.45) is 2.17. The second-order valence-electron chi connectivity index (χ2n) is 11.0. The van der Waals surface area contributed by atoms with Gasteiger partial charge in [0.05, 0.1) is 7.59 Å². The summed E-state index contributed by atoms with van der Waals surface area (Å²) in [6, 6.07) is 0.761. The van der Waals surface area contributed by atoms with E-state index in [-0.39, 0.29) is 5.91 Å². The molecule has 0 N–H and O–H groups in total. The molecule has 0 bridgehead atoms. The molecule has 0 fully saturated rings. The van der Waals surface area contributed by atoms with Crippen molar-refractivity contribution >= 4 is 46.8 Å². The maximum atomic E-state index is 11.8. The summed E-state index contributed by atoms with van der Waals surface area (Å²) in [5.41, 5.74) is 0. The summed E-state index contributed by atoms with van der Waals surface area (Å²) in [5, 5.41) is 0. The van der Waals surface area contributed by atoms with Gasteiger partial charge in [-0.15, -0.1) is 0 Å². The summed E-state index contributed by atoms with van der Waals surface area (Å²) < 4.78 is 20.7. The molecule has 1 amide bonds. The van der Waals surface area contributed by atoms with E-state index in [4.69, 9.17) is 12.3 Å². The molecule has 0 aromatic carbocycles. The van der Waals surface area contributed by atoms with Crippen LogP contribution in [-0.4, -0.2) is 65.3 Å². The molecular formula is C18H45NO4Si5. The van der Waals surface area contributed by atoms with Crippen LogP contribution in [0.15, 0.2) is 12.7 Å². The highest BCUT2D eigenvalue weighted by molar-refractivity contribution is 7.38.